The maximum absolute atomic E-state index is 10.9. The van der Waals surface area contributed by atoms with Crippen molar-refractivity contribution in [2.24, 2.45) is 0 Å². The second-order valence-electron chi connectivity index (χ2n) is 3.57. The molecule has 0 heterocycles. The van der Waals surface area contributed by atoms with Crippen LogP contribution in [0.2, 0.25) is 0 Å². The minimum Gasteiger partial charge on any atom is -0.497 e. The van der Waals surface area contributed by atoms with Gasteiger partial charge < -0.3 is 9.47 Å². The Morgan fingerprint density at radius 1 is 1.35 bits per heavy atom. The van der Waals surface area contributed by atoms with Crippen molar-refractivity contribution in [1.29, 1.82) is 0 Å². The number of hydroxylamine groups is 1. The van der Waals surface area contributed by atoms with E-state index in [0.29, 0.717) is 6.42 Å². The Morgan fingerprint density at radius 2 is 2.00 bits per heavy atom. The number of hydrogen-bond acceptors (Lipinski definition) is 4. The SMILES string of the molecule is COc1ccc(C(CCC(=O)NO)OC)cc1. The first kappa shape index (κ1) is 13.5. The van der Waals surface area contributed by atoms with Gasteiger partial charge in [-0.3, -0.25) is 10.0 Å². The molecule has 1 aromatic rings. The fraction of sp³-hybridized carbons (Fsp3) is 0.417. The molecule has 1 aromatic carbocycles. The standard InChI is InChI=1S/C12H17NO4/c1-16-10-5-3-9(4-6-10)11(17-2)7-8-12(14)13-15/h3-6,11,15H,7-8H2,1-2H3,(H,13,14). The molecule has 2 N–H and O–H groups in total. The van der Waals surface area contributed by atoms with Crippen molar-refractivity contribution in [1.82, 2.24) is 5.48 Å². The largest absolute Gasteiger partial charge is 0.497 e. The molecule has 94 valence electrons. The molecule has 0 fully saturated rings. The van der Waals surface area contributed by atoms with Crippen LogP contribution in [-0.2, 0) is 9.53 Å². The van der Waals surface area contributed by atoms with E-state index in [1.54, 1.807) is 19.7 Å². The molecule has 5 heteroatoms. The maximum Gasteiger partial charge on any atom is 0.243 e. The van der Waals surface area contributed by atoms with Crippen LogP contribution < -0.4 is 10.2 Å². The topological polar surface area (TPSA) is 67.8 Å². The van der Waals surface area contributed by atoms with Crippen molar-refractivity contribution in [2.75, 3.05) is 14.2 Å². The van der Waals surface area contributed by atoms with Crippen molar-refractivity contribution in [3.63, 3.8) is 0 Å². The van der Waals surface area contributed by atoms with Gasteiger partial charge in [0.2, 0.25) is 5.91 Å². The molecule has 1 atom stereocenters. The summed E-state index contributed by atoms with van der Waals surface area (Å²) in [7, 11) is 3.19. The minimum atomic E-state index is -0.416. The van der Waals surface area contributed by atoms with Gasteiger partial charge in [-0.15, -0.1) is 0 Å². The highest BCUT2D eigenvalue weighted by Crippen LogP contribution is 2.24. The summed E-state index contributed by atoms with van der Waals surface area (Å²) in [6, 6.07) is 7.47. The fourth-order valence-electron chi connectivity index (χ4n) is 1.56. The predicted molar refractivity (Wildman–Crippen MR) is 61.9 cm³/mol. The molecule has 0 saturated carbocycles. The average molecular weight is 239 g/mol. The van der Waals surface area contributed by atoms with Crippen LogP contribution >= 0.6 is 0 Å². The molecule has 17 heavy (non-hydrogen) atoms. The quantitative estimate of drug-likeness (QED) is 0.585. The minimum absolute atomic E-state index is 0.168. The molecule has 0 spiro atoms. The smallest absolute Gasteiger partial charge is 0.243 e. The van der Waals surface area contributed by atoms with Crippen LogP contribution in [0.3, 0.4) is 0 Å². The first-order chi connectivity index (χ1) is 8.21. The molecular formula is C12H17NO4. The number of methoxy groups -OCH3 is 2. The fourth-order valence-corrected chi connectivity index (χ4v) is 1.56. The third kappa shape index (κ3) is 4.05. The zero-order valence-corrected chi connectivity index (χ0v) is 9.97. The van der Waals surface area contributed by atoms with E-state index in [4.69, 9.17) is 14.7 Å². The van der Waals surface area contributed by atoms with Crippen LogP contribution in [0.25, 0.3) is 0 Å². The average Bonchev–Trinajstić information content (AvgIpc) is 2.39. The van der Waals surface area contributed by atoms with Gasteiger partial charge in [0.15, 0.2) is 0 Å². The van der Waals surface area contributed by atoms with Gasteiger partial charge in [-0.1, -0.05) is 12.1 Å². The number of ether oxygens (including phenoxy) is 2. The molecule has 0 saturated heterocycles. The molecule has 5 nitrogen and oxygen atoms in total. The Hall–Kier alpha value is -1.59. The number of amides is 1. The van der Waals surface area contributed by atoms with Gasteiger partial charge in [0.25, 0.3) is 0 Å². The van der Waals surface area contributed by atoms with Gasteiger partial charge in [-0.25, -0.2) is 5.48 Å². The van der Waals surface area contributed by atoms with Crippen molar-refractivity contribution >= 4 is 5.91 Å². The van der Waals surface area contributed by atoms with Gasteiger partial charge in [0.05, 0.1) is 13.2 Å². The zero-order chi connectivity index (χ0) is 12.7. The van der Waals surface area contributed by atoms with Gasteiger partial charge in [-0.05, 0) is 24.1 Å². The lowest BCUT2D eigenvalue weighted by Gasteiger charge is -2.15. The number of carbonyl (C=O) groups excluding carboxylic acids is 1. The number of rotatable bonds is 6. The van der Waals surface area contributed by atoms with Crippen LogP contribution in [-0.4, -0.2) is 25.3 Å². The van der Waals surface area contributed by atoms with Crippen LogP contribution in [0, 0.1) is 0 Å². The van der Waals surface area contributed by atoms with Gasteiger partial charge >= 0.3 is 0 Å². The van der Waals surface area contributed by atoms with Crippen molar-refractivity contribution in [3.05, 3.63) is 29.8 Å². The highest BCUT2D eigenvalue weighted by atomic mass is 16.5. The molecule has 1 rings (SSSR count). The van der Waals surface area contributed by atoms with Gasteiger partial charge in [0.1, 0.15) is 5.75 Å². The van der Waals surface area contributed by atoms with Crippen LogP contribution in [0.1, 0.15) is 24.5 Å². The molecule has 1 amide bonds. The number of carbonyl (C=O) groups is 1. The molecule has 0 aliphatic carbocycles. The Balaban J connectivity index is 2.62. The predicted octanol–water partition coefficient (Wildman–Crippen LogP) is 1.67. The van der Waals surface area contributed by atoms with Crippen molar-refractivity contribution in [3.8, 4) is 5.75 Å². The van der Waals surface area contributed by atoms with Gasteiger partial charge in [-0.2, -0.15) is 0 Å². The first-order valence-electron chi connectivity index (χ1n) is 5.31. The molecule has 0 radical (unpaired) electrons. The lowest BCUT2D eigenvalue weighted by Crippen LogP contribution is -2.19. The summed E-state index contributed by atoms with van der Waals surface area (Å²) >= 11 is 0. The van der Waals surface area contributed by atoms with Crippen LogP contribution in [0.5, 0.6) is 5.75 Å². The summed E-state index contributed by atoms with van der Waals surface area (Å²) < 4.78 is 10.4. The van der Waals surface area contributed by atoms with E-state index in [0.717, 1.165) is 11.3 Å². The molecule has 0 aromatic heterocycles. The second kappa shape index (κ2) is 6.88. The van der Waals surface area contributed by atoms with Crippen LogP contribution in [0.15, 0.2) is 24.3 Å². The third-order valence-corrected chi connectivity index (χ3v) is 2.53. The van der Waals surface area contributed by atoms with E-state index < -0.39 is 5.91 Å². The summed E-state index contributed by atoms with van der Waals surface area (Å²) in [5, 5.41) is 8.40. The van der Waals surface area contributed by atoms with E-state index in [9.17, 15) is 4.79 Å². The summed E-state index contributed by atoms with van der Waals surface area (Å²) in [6.07, 6.45) is 0.550. The van der Waals surface area contributed by atoms with E-state index >= 15 is 0 Å². The highest BCUT2D eigenvalue weighted by Gasteiger charge is 2.12. The summed E-state index contributed by atoms with van der Waals surface area (Å²) in [4.78, 5) is 10.9. The Bertz CT molecular complexity index is 350. The van der Waals surface area contributed by atoms with E-state index in [2.05, 4.69) is 0 Å². The van der Waals surface area contributed by atoms with E-state index in [1.807, 2.05) is 24.3 Å². The zero-order valence-electron chi connectivity index (χ0n) is 9.97. The van der Waals surface area contributed by atoms with E-state index in [1.165, 1.54) is 0 Å². The monoisotopic (exact) mass is 239 g/mol. The number of nitrogens with one attached hydrogen (secondary N) is 1. The van der Waals surface area contributed by atoms with Crippen molar-refractivity contribution < 1.29 is 19.5 Å². The van der Waals surface area contributed by atoms with Crippen molar-refractivity contribution in [2.45, 2.75) is 18.9 Å². The third-order valence-electron chi connectivity index (χ3n) is 2.53. The summed E-state index contributed by atoms with van der Waals surface area (Å²) in [5.74, 6) is 0.359. The molecule has 0 bridgehead atoms. The lowest BCUT2D eigenvalue weighted by molar-refractivity contribution is -0.129. The molecule has 0 aliphatic rings. The Labute approximate surface area is 100 Å². The molecule has 1 unspecified atom stereocenters. The summed E-state index contributed by atoms with van der Waals surface area (Å²) in [5.41, 5.74) is 2.57. The van der Waals surface area contributed by atoms with Crippen LogP contribution in [0.4, 0.5) is 0 Å². The Morgan fingerprint density at radius 3 is 2.47 bits per heavy atom. The Kier molecular flexibility index (Phi) is 5.45. The second-order valence-corrected chi connectivity index (χ2v) is 3.57. The number of hydrogen-bond donors (Lipinski definition) is 2. The normalized spacial score (nSPS) is 11.9. The van der Waals surface area contributed by atoms with E-state index in [-0.39, 0.29) is 12.5 Å². The first-order valence-corrected chi connectivity index (χ1v) is 5.31. The molecular weight excluding hydrogens is 222 g/mol. The van der Waals surface area contributed by atoms with Gasteiger partial charge in [0, 0.05) is 13.5 Å². The lowest BCUT2D eigenvalue weighted by atomic mass is 10.0. The highest BCUT2D eigenvalue weighted by molar-refractivity contribution is 5.74. The number of benzene rings is 1. The summed E-state index contributed by atoms with van der Waals surface area (Å²) in [6.45, 7) is 0. The molecule has 0 aliphatic heterocycles. The maximum atomic E-state index is 10.9.